The third-order valence-electron chi connectivity index (χ3n) is 2.78. The van der Waals surface area contributed by atoms with Crippen molar-refractivity contribution in [3.63, 3.8) is 0 Å². The van der Waals surface area contributed by atoms with Gasteiger partial charge in [-0.1, -0.05) is 6.07 Å². The molecule has 0 atom stereocenters. The first-order valence-corrected chi connectivity index (χ1v) is 5.42. The average Bonchev–Trinajstić information content (AvgIpc) is 2.36. The fraction of sp³-hybridized carbons (Fsp3) is 0.143. The predicted octanol–water partition coefficient (Wildman–Crippen LogP) is 3.21. The predicted molar refractivity (Wildman–Crippen MR) is 63.5 cm³/mol. The Balaban J connectivity index is 2.54. The Labute approximate surface area is 103 Å². The Morgan fingerprint density at radius 1 is 1.00 bits per heavy atom. The molecule has 0 radical (unpaired) electrons. The lowest BCUT2D eigenvalue weighted by Gasteiger charge is -2.07. The number of pyridine rings is 1. The Bertz CT molecular complexity index is 623. The summed E-state index contributed by atoms with van der Waals surface area (Å²) < 4.78 is 27.1. The van der Waals surface area contributed by atoms with E-state index in [-0.39, 0.29) is 11.1 Å². The average molecular weight is 247 g/mol. The van der Waals surface area contributed by atoms with E-state index in [0.29, 0.717) is 11.1 Å². The van der Waals surface area contributed by atoms with Gasteiger partial charge in [0.15, 0.2) is 17.4 Å². The summed E-state index contributed by atoms with van der Waals surface area (Å²) in [7, 11) is 0. The van der Waals surface area contributed by atoms with E-state index in [1.54, 1.807) is 6.92 Å². The van der Waals surface area contributed by atoms with Crippen LogP contribution in [0.1, 0.15) is 27.0 Å². The van der Waals surface area contributed by atoms with Crippen LogP contribution in [-0.4, -0.2) is 10.8 Å². The second kappa shape index (κ2) is 4.64. The van der Waals surface area contributed by atoms with Gasteiger partial charge >= 0.3 is 0 Å². The van der Waals surface area contributed by atoms with Crippen molar-refractivity contribution in [3.8, 4) is 0 Å². The van der Waals surface area contributed by atoms with Crippen LogP contribution < -0.4 is 0 Å². The highest BCUT2D eigenvalue weighted by molar-refractivity contribution is 6.10. The van der Waals surface area contributed by atoms with E-state index in [1.807, 2.05) is 0 Å². The zero-order valence-electron chi connectivity index (χ0n) is 10.00. The third kappa shape index (κ3) is 2.01. The number of carbonyl (C=O) groups excluding carboxylic acids is 1. The van der Waals surface area contributed by atoms with Crippen LogP contribution in [0.15, 0.2) is 30.6 Å². The van der Waals surface area contributed by atoms with Gasteiger partial charge in [-0.25, -0.2) is 8.78 Å². The summed E-state index contributed by atoms with van der Waals surface area (Å²) in [5, 5.41) is 0. The van der Waals surface area contributed by atoms with E-state index >= 15 is 0 Å². The number of halogens is 2. The van der Waals surface area contributed by atoms with E-state index in [0.717, 1.165) is 0 Å². The molecule has 0 saturated carbocycles. The lowest BCUT2D eigenvalue weighted by molar-refractivity contribution is 0.103. The maximum absolute atomic E-state index is 13.7. The van der Waals surface area contributed by atoms with Crippen molar-refractivity contribution in [2.24, 2.45) is 0 Å². The minimum Gasteiger partial charge on any atom is -0.288 e. The highest BCUT2D eigenvalue weighted by Gasteiger charge is 2.19. The van der Waals surface area contributed by atoms with Crippen molar-refractivity contribution in [1.82, 2.24) is 4.98 Å². The van der Waals surface area contributed by atoms with Crippen LogP contribution in [0.3, 0.4) is 0 Å². The van der Waals surface area contributed by atoms with Gasteiger partial charge in [-0.2, -0.15) is 0 Å². The Morgan fingerprint density at radius 2 is 1.72 bits per heavy atom. The number of aryl methyl sites for hydroxylation is 2. The lowest BCUT2D eigenvalue weighted by Crippen LogP contribution is -2.08. The van der Waals surface area contributed by atoms with Crippen LogP contribution in [0, 0.1) is 25.5 Å². The smallest absolute Gasteiger partial charge is 0.196 e. The Hall–Kier alpha value is -2.10. The molecule has 0 amide bonds. The molecule has 4 heteroatoms. The van der Waals surface area contributed by atoms with Gasteiger partial charge in [0.1, 0.15) is 0 Å². The SMILES string of the molecule is Cc1cnccc1C(=O)c1ccc(C)c(F)c1F. The maximum Gasteiger partial charge on any atom is 0.196 e. The van der Waals surface area contributed by atoms with Gasteiger partial charge in [0.25, 0.3) is 0 Å². The van der Waals surface area contributed by atoms with Crippen LogP contribution in [-0.2, 0) is 0 Å². The molecule has 0 fully saturated rings. The molecule has 92 valence electrons. The molecule has 1 heterocycles. The molecule has 1 aromatic heterocycles. The summed E-state index contributed by atoms with van der Waals surface area (Å²) in [5.74, 6) is -2.62. The second-order valence-corrected chi connectivity index (χ2v) is 4.08. The number of benzene rings is 1. The Morgan fingerprint density at radius 3 is 2.39 bits per heavy atom. The molecular weight excluding hydrogens is 236 g/mol. The minimum atomic E-state index is -1.10. The molecule has 0 aliphatic rings. The highest BCUT2D eigenvalue weighted by atomic mass is 19.2. The van der Waals surface area contributed by atoms with E-state index in [4.69, 9.17) is 0 Å². The normalized spacial score (nSPS) is 10.4. The van der Waals surface area contributed by atoms with Crippen LogP contribution in [0.25, 0.3) is 0 Å². The van der Waals surface area contributed by atoms with Crippen molar-refractivity contribution < 1.29 is 13.6 Å². The molecule has 0 spiro atoms. The summed E-state index contributed by atoms with van der Waals surface area (Å²) in [4.78, 5) is 16.0. The molecule has 2 nitrogen and oxygen atoms in total. The number of hydrogen-bond acceptors (Lipinski definition) is 2. The standard InChI is InChI=1S/C14H11F2NO/c1-8-3-4-11(13(16)12(8)15)14(18)10-5-6-17-7-9(10)2/h3-7H,1-2H3. The van der Waals surface area contributed by atoms with Gasteiger partial charge in [0, 0.05) is 18.0 Å². The van der Waals surface area contributed by atoms with Crippen LogP contribution in [0.2, 0.25) is 0 Å². The second-order valence-electron chi connectivity index (χ2n) is 4.08. The Kier molecular flexibility index (Phi) is 3.19. The molecule has 0 bridgehead atoms. The summed E-state index contributed by atoms with van der Waals surface area (Å²) in [6, 6.07) is 4.19. The van der Waals surface area contributed by atoms with E-state index in [9.17, 15) is 13.6 Å². The molecule has 0 saturated heterocycles. The summed E-state index contributed by atoms with van der Waals surface area (Å²) >= 11 is 0. The van der Waals surface area contributed by atoms with Gasteiger partial charge in [-0.15, -0.1) is 0 Å². The van der Waals surface area contributed by atoms with Crippen LogP contribution in [0.5, 0.6) is 0 Å². The maximum atomic E-state index is 13.7. The number of aromatic nitrogens is 1. The lowest BCUT2D eigenvalue weighted by atomic mass is 9.99. The fourth-order valence-electron chi connectivity index (χ4n) is 1.69. The first kappa shape index (κ1) is 12.4. The first-order valence-electron chi connectivity index (χ1n) is 5.42. The van der Waals surface area contributed by atoms with E-state index in [1.165, 1.54) is 37.5 Å². The molecule has 2 aromatic rings. The van der Waals surface area contributed by atoms with Crippen molar-refractivity contribution in [3.05, 3.63) is 64.5 Å². The van der Waals surface area contributed by atoms with Crippen LogP contribution in [0.4, 0.5) is 8.78 Å². The molecular formula is C14H11F2NO. The summed E-state index contributed by atoms with van der Waals surface area (Å²) in [5.41, 5.74) is 0.873. The fourth-order valence-corrected chi connectivity index (χ4v) is 1.69. The molecule has 2 rings (SSSR count). The number of ketones is 1. The highest BCUT2D eigenvalue weighted by Crippen LogP contribution is 2.20. The zero-order chi connectivity index (χ0) is 13.3. The topological polar surface area (TPSA) is 30.0 Å². The van der Waals surface area contributed by atoms with Gasteiger partial charge in [0.05, 0.1) is 5.56 Å². The first-order chi connectivity index (χ1) is 8.52. The number of hydrogen-bond donors (Lipinski definition) is 0. The van der Waals surface area contributed by atoms with Gasteiger partial charge in [0.2, 0.25) is 0 Å². The van der Waals surface area contributed by atoms with Crippen LogP contribution >= 0.6 is 0 Å². The summed E-state index contributed by atoms with van der Waals surface area (Å²) in [6.07, 6.45) is 2.96. The molecule has 0 aliphatic heterocycles. The quantitative estimate of drug-likeness (QED) is 0.763. The molecule has 1 aromatic carbocycles. The van der Waals surface area contributed by atoms with E-state index < -0.39 is 17.4 Å². The number of nitrogens with zero attached hydrogens (tertiary/aromatic N) is 1. The summed E-state index contributed by atoms with van der Waals surface area (Å²) in [6.45, 7) is 3.15. The third-order valence-corrected chi connectivity index (χ3v) is 2.78. The van der Waals surface area contributed by atoms with Crippen molar-refractivity contribution in [2.75, 3.05) is 0 Å². The molecule has 0 aliphatic carbocycles. The molecule has 0 unspecified atom stereocenters. The molecule has 0 N–H and O–H groups in total. The van der Waals surface area contributed by atoms with Crippen molar-refractivity contribution >= 4 is 5.78 Å². The minimum absolute atomic E-state index is 0.176. The number of carbonyl (C=O) groups is 1. The molecule has 18 heavy (non-hydrogen) atoms. The monoisotopic (exact) mass is 247 g/mol. The van der Waals surface area contributed by atoms with Gasteiger partial charge in [-0.3, -0.25) is 9.78 Å². The van der Waals surface area contributed by atoms with E-state index in [2.05, 4.69) is 4.98 Å². The number of rotatable bonds is 2. The van der Waals surface area contributed by atoms with Gasteiger partial charge < -0.3 is 0 Å². The van der Waals surface area contributed by atoms with Crippen molar-refractivity contribution in [2.45, 2.75) is 13.8 Å². The largest absolute Gasteiger partial charge is 0.288 e. The zero-order valence-corrected chi connectivity index (χ0v) is 10.00. The van der Waals surface area contributed by atoms with Crippen molar-refractivity contribution in [1.29, 1.82) is 0 Å². The van der Waals surface area contributed by atoms with Gasteiger partial charge in [-0.05, 0) is 37.1 Å².